The molecule has 0 aliphatic carbocycles. The average Bonchev–Trinajstić information content (AvgIpc) is 2.03. The van der Waals surface area contributed by atoms with Crippen LogP contribution in [-0.2, 0) is 0 Å². The number of halogens is 3. The van der Waals surface area contributed by atoms with Gasteiger partial charge in [-0.05, 0) is 6.92 Å². The summed E-state index contributed by atoms with van der Waals surface area (Å²) in [5.41, 5.74) is 0. The lowest BCUT2D eigenvalue weighted by atomic mass is 10.2. The quantitative estimate of drug-likeness (QED) is 0.714. The van der Waals surface area contributed by atoms with Crippen LogP contribution in [0.3, 0.4) is 0 Å². The fourth-order valence-corrected chi connectivity index (χ4v) is 1.59. The molecule has 1 rings (SSSR count). The molecule has 1 heterocycles. The predicted molar refractivity (Wildman–Crippen MR) is 44.6 cm³/mol. The van der Waals surface area contributed by atoms with Crippen molar-refractivity contribution in [2.24, 2.45) is 0 Å². The van der Waals surface area contributed by atoms with E-state index in [9.17, 15) is 13.2 Å². The molecule has 0 aromatic rings. The van der Waals surface area contributed by atoms with Crippen LogP contribution in [0, 0.1) is 0 Å². The Hall–Kier alpha value is -0.290. The van der Waals surface area contributed by atoms with Gasteiger partial charge < -0.3 is 5.32 Å². The Morgan fingerprint density at radius 2 is 1.85 bits per heavy atom. The molecule has 0 saturated carbocycles. The van der Waals surface area contributed by atoms with Gasteiger partial charge in [0.1, 0.15) is 0 Å². The molecule has 1 fully saturated rings. The standard InChI is InChI=1S/C8H15F3N2/c1-7(6-8(9,10)11)13-4-2-12-3-5-13/h7,12H,2-6H2,1H3. The third-order valence-corrected chi connectivity index (χ3v) is 2.30. The lowest BCUT2D eigenvalue weighted by Crippen LogP contribution is -2.48. The van der Waals surface area contributed by atoms with Crippen LogP contribution >= 0.6 is 0 Å². The van der Waals surface area contributed by atoms with E-state index in [4.69, 9.17) is 0 Å². The molecule has 1 atom stereocenters. The van der Waals surface area contributed by atoms with Gasteiger partial charge in [0.2, 0.25) is 0 Å². The number of rotatable bonds is 2. The van der Waals surface area contributed by atoms with Crippen molar-refractivity contribution in [2.75, 3.05) is 26.2 Å². The Bertz CT molecular complexity index is 152. The molecule has 0 radical (unpaired) electrons. The summed E-state index contributed by atoms with van der Waals surface area (Å²) in [6.07, 6.45) is -4.74. The summed E-state index contributed by atoms with van der Waals surface area (Å²) in [5, 5.41) is 3.11. The van der Waals surface area contributed by atoms with Gasteiger partial charge in [0.05, 0.1) is 6.42 Å². The van der Waals surface area contributed by atoms with Crippen molar-refractivity contribution in [3.05, 3.63) is 0 Å². The van der Waals surface area contributed by atoms with E-state index in [1.54, 1.807) is 6.92 Å². The van der Waals surface area contributed by atoms with Crippen molar-refractivity contribution >= 4 is 0 Å². The molecular formula is C8H15F3N2. The number of nitrogens with zero attached hydrogens (tertiary/aromatic N) is 1. The van der Waals surface area contributed by atoms with Crippen molar-refractivity contribution in [1.29, 1.82) is 0 Å². The first-order valence-corrected chi connectivity index (χ1v) is 4.50. The van der Waals surface area contributed by atoms with E-state index in [0.717, 1.165) is 26.2 Å². The normalized spacial score (nSPS) is 23.1. The zero-order valence-corrected chi connectivity index (χ0v) is 7.69. The zero-order valence-electron chi connectivity index (χ0n) is 7.69. The van der Waals surface area contributed by atoms with Gasteiger partial charge in [-0.25, -0.2) is 0 Å². The number of nitrogens with one attached hydrogen (secondary N) is 1. The highest BCUT2D eigenvalue weighted by molar-refractivity contribution is 4.75. The van der Waals surface area contributed by atoms with E-state index >= 15 is 0 Å². The lowest BCUT2D eigenvalue weighted by molar-refractivity contribution is -0.146. The molecule has 1 N–H and O–H groups in total. The molecule has 0 bridgehead atoms. The molecule has 1 aliphatic heterocycles. The van der Waals surface area contributed by atoms with Crippen molar-refractivity contribution in [1.82, 2.24) is 10.2 Å². The van der Waals surface area contributed by atoms with Crippen LogP contribution in [0.2, 0.25) is 0 Å². The SMILES string of the molecule is CC(CC(F)(F)F)N1CCNCC1. The van der Waals surface area contributed by atoms with Crippen molar-refractivity contribution in [2.45, 2.75) is 25.6 Å². The molecule has 1 unspecified atom stereocenters. The van der Waals surface area contributed by atoms with Crippen LogP contribution in [0.4, 0.5) is 13.2 Å². The topological polar surface area (TPSA) is 15.3 Å². The van der Waals surface area contributed by atoms with E-state index in [2.05, 4.69) is 5.32 Å². The third kappa shape index (κ3) is 3.95. The highest BCUT2D eigenvalue weighted by Crippen LogP contribution is 2.23. The van der Waals surface area contributed by atoms with Gasteiger partial charge >= 0.3 is 6.18 Å². The molecule has 0 spiro atoms. The maximum Gasteiger partial charge on any atom is 0.390 e. The van der Waals surface area contributed by atoms with E-state index in [0.29, 0.717) is 0 Å². The first kappa shape index (κ1) is 10.8. The summed E-state index contributed by atoms with van der Waals surface area (Å²) in [6.45, 7) is 4.66. The Kier molecular flexibility index (Phi) is 3.55. The van der Waals surface area contributed by atoms with Gasteiger partial charge in [0.15, 0.2) is 0 Å². The van der Waals surface area contributed by atoms with Gasteiger partial charge in [-0.1, -0.05) is 0 Å². The van der Waals surface area contributed by atoms with Gasteiger partial charge in [0, 0.05) is 32.2 Å². The molecule has 78 valence electrons. The lowest BCUT2D eigenvalue weighted by Gasteiger charge is -2.33. The van der Waals surface area contributed by atoms with Crippen molar-refractivity contribution in [3.63, 3.8) is 0 Å². The van der Waals surface area contributed by atoms with Gasteiger partial charge in [-0.3, -0.25) is 4.90 Å². The molecule has 13 heavy (non-hydrogen) atoms. The summed E-state index contributed by atoms with van der Waals surface area (Å²) in [4.78, 5) is 1.88. The van der Waals surface area contributed by atoms with Crippen LogP contribution in [0.5, 0.6) is 0 Å². The summed E-state index contributed by atoms with van der Waals surface area (Å²) in [6, 6.07) is -0.387. The summed E-state index contributed by atoms with van der Waals surface area (Å²) in [7, 11) is 0. The van der Waals surface area contributed by atoms with Crippen LogP contribution in [0.25, 0.3) is 0 Å². The van der Waals surface area contributed by atoms with Crippen molar-refractivity contribution in [3.8, 4) is 0 Å². The van der Waals surface area contributed by atoms with Crippen LogP contribution < -0.4 is 5.32 Å². The minimum Gasteiger partial charge on any atom is -0.314 e. The van der Waals surface area contributed by atoms with E-state index in [1.165, 1.54) is 0 Å². The van der Waals surface area contributed by atoms with E-state index in [1.807, 2.05) is 4.90 Å². The molecule has 2 nitrogen and oxygen atoms in total. The second-order valence-electron chi connectivity index (χ2n) is 3.45. The minimum atomic E-state index is -4.04. The molecule has 0 aromatic carbocycles. The Labute approximate surface area is 76.1 Å². The predicted octanol–water partition coefficient (Wildman–Crippen LogP) is 1.23. The Morgan fingerprint density at radius 3 is 2.31 bits per heavy atom. The zero-order chi connectivity index (χ0) is 9.90. The average molecular weight is 196 g/mol. The molecule has 0 aromatic heterocycles. The molecule has 0 amide bonds. The Morgan fingerprint density at radius 1 is 1.31 bits per heavy atom. The number of hydrogen-bond acceptors (Lipinski definition) is 2. The maximum absolute atomic E-state index is 12.0. The Balaban J connectivity index is 2.33. The highest BCUT2D eigenvalue weighted by Gasteiger charge is 2.32. The first-order valence-electron chi connectivity index (χ1n) is 4.50. The molecule has 1 aliphatic rings. The fraction of sp³-hybridized carbons (Fsp3) is 1.00. The number of hydrogen-bond donors (Lipinski definition) is 1. The summed E-state index contributed by atoms with van der Waals surface area (Å²) >= 11 is 0. The summed E-state index contributed by atoms with van der Waals surface area (Å²) in [5.74, 6) is 0. The van der Waals surface area contributed by atoms with Gasteiger partial charge in [-0.15, -0.1) is 0 Å². The summed E-state index contributed by atoms with van der Waals surface area (Å²) < 4.78 is 36.1. The first-order chi connectivity index (χ1) is 5.99. The largest absolute Gasteiger partial charge is 0.390 e. The van der Waals surface area contributed by atoms with Gasteiger partial charge in [-0.2, -0.15) is 13.2 Å². The molecular weight excluding hydrogens is 181 g/mol. The third-order valence-electron chi connectivity index (χ3n) is 2.30. The second kappa shape index (κ2) is 4.28. The van der Waals surface area contributed by atoms with E-state index in [-0.39, 0.29) is 6.04 Å². The fourth-order valence-electron chi connectivity index (χ4n) is 1.59. The highest BCUT2D eigenvalue weighted by atomic mass is 19.4. The number of alkyl halides is 3. The van der Waals surface area contributed by atoms with E-state index < -0.39 is 12.6 Å². The van der Waals surface area contributed by atoms with Crippen LogP contribution in [0.15, 0.2) is 0 Å². The van der Waals surface area contributed by atoms with Gasteiger partial charge in [0.25, 0.3) is 0 Å². The molecule has 5 heteroatoms. The smallest absolute Gasteiger partial charge is 0.314 e. The molecule has 1 saturated heterocycles. The maximum atomic E-state index is 12.0. The minimum absolute atomic E-state index is 0.387. The number of piperazine rings is 1. The monoisotopic (exact) mass is 196 g/mol. The van der Waals surface area contributed by atoms with Crippen LogP contribution in [0.1, 0.15) is 13.3 Å². The second-order valence-corrected chi connectivity index (χ2v) is 3.45. The van der Waals surface area contributed by atoms with Crippen molar-refractivity contribution < 1.29 is 13.2 Å². The van der Waals surface area contributed by atoms with Crippen LogP contribution in [-0.4, -0.2) is 43.3 Å².